The Morgan fingerprint density at radius 3 is 2.56 bits per heavy atom. The summed E-state index contributed by atoms with van der Waals surface area (Å²) < 4.78 is 0. The van der Waals surface area contributed by atoms with Crippen LogP contribution in [-0.4, -0.2) is 23.4 Å². The predicted octanol–water partition coefficient (Wildman–Crippen LogP) is 1.89. The molecule has 3 nitrogen and oxygen atoms in total. The third kappa shape index (κ3) is 5.14. The fourth-order valence-corrected chi connectivity index (χ4v) is 1.51. The average Bonchev–Trinajstić information content (AvgIpc) is 2.31. The summed E-state index contributed by atoms with van der Waals surface area (Å²) in [7, 11) is 0. The summed E-state index contributed by atoms with van der Waals surface area (Å²) in [5.41, 5.74) is 1.17. The van der Waals surface area contributed by atoms with Crippen LogP contribution in [0.15, 0.2) is 24.3 Å². The molecule has 1 atom stereocenters. The van der Waals surface area contributed by atoms with Crippen LogP contribution in [-0.2, 0) is 6.54 Å². The van der Waals surface area contributed by atoms with E-state index in [2.05, 4.69) is 12.2 Å². The van der Waals surface area contributed by atoms with Gasteiger partial charge >= 0.3 is 0 Å². The van der Waals surface area contributed by atoms with Crippen molar-refractivity contribution in [1.82, 2.24) is 5.32 Å². The summed E-state index contributed by atoms with van der Waals surface area (Å²) in [5.74, 6) is 0.705. The van der Waals surface area contributed by atoms with Crippen molar-refractivity contribution >= 4 is 0 Å². The normalized spacial score (nSPS) is 12.6. The van der Waals surface area contributed by atoms with Gasteiger partial charge in [0.2, 0.25) is 0 Å². The molecule has 0 amide bonds. The van der Waals surface area contributed by atoms with Crippen LogP contribution in [0.25, 0.3) is 0 Å². The number of hydrogen-bond acceptors (Lipinski definition) is 3. The Morgan fingerprint density at radius 1 is 1.25 bits per heavy atom. The Balaban J connectivity index is 2.09. The lowest BCUT2D eigenvalue weighted by Gasteiger charge is -2.08. The van der Waals surface area contributed by atoms with Crippen molar-refractivity contribution < 1.29 is 10.2 Å². The Kier molecular flexibility index (Phi) is 5.90. The molecule has 0 aliphatic rings. The van der Waals surface area contributed by atoms with Crippen molar-refractivity contribution in [3.63, 3.8) is 0 Å². The van der Waals surface area contributed by atoms with E-state index in [1.165, 1.54) is 5.56 Å². The van der Waals surface area contributed by atoms with Crippen molar-refractivity contribution in [2.75, 3.05) is 13.2 Å². The molecule has 0 saturated heterocycles. The van der Waals surface area contributed by atoms with Crippen LogP contribution in [0.2, 0.25) is 0 Å². The summed E-state index contributed by atoms with van der Waals surface area (Å²) in [6.07, 6.45) is 2.14. The second-order valence-corrected chi connectivity index (χ2v) is 4.27. The summed E-state index contributed by atoms with van der Waals surface area (Å²) in [4.78, 5) is 0. The Morgan fingerprint density at radius 2 is 1.94 bits per heavy atom. The summed E-state index contributed by atoms with van der Waals surface area (Å²) in [6, 6.07) is 7.23. The highest BCUT2D eigenvalue weighted by molar-refractivity contribution is 5.25. The molecule has 0 heterocycles. The van der Waals surface area contributed by atoms with Gasteiger partial charge in [0.1, 0.15) is 5.75 Å². The zero-order chi connectivity index (χ0) is 11.8. The van der Waals surface area contributed by atoms with Crippen molar-refractivity contribution in [1.29, 1.82) is 0 Å². The van der Waals surface area contributed by atoms with E-state index in [9.17, 15) is 0 Å². The maximum Gasteiger partial charge on any atom is 0.115 e. The monoisotopic (exact) mass is 223 g/mol. The molecule has 0 aliphatic heterocycles. The molecule has 3 N–H and O–H groups in total. The molecular weight excluding hydrogens is 202 g/mol. The van der Waals surface area contributed by atoms with Gasteiger partial charge in [-0.25, -0.2) is 0 Å². The van der Waals surface area contributed by atoms with E-state index in [1.54, 1.807) is 12.1 Å². The molecule has 1 rings (SSSR count). The third-order valence-electron chi connectivity index (χ3n) is 2.63. The lowest BCUT2D eigenvalue weighted by molar-refractivity contribution is 0.228. The van der Waals surface area contributed by atoms with Crippen LogP contribution in [0.4, 0.5) is 0 Å². The quantitative estimate of drug-likeness (QED) is 0.619. The first-order chi connectivity index (χ1) is 7.72. The predicted molar refractivity (Wildman–Crippen MR) is 65.3 cm³/mol. The van der Waals surface area contributed by atoms with Crippen molar-refractivity contribution in [3.8, 4) is 5.75 Å². The number of benzene rings is 1. The SMILES string of the molecule is CC(CO)CCCNCc1ccc(O)cc1. The van der Waals surface area contributed by atoms with E-state index in [0.717, 1.165) is 25.9 Å². The highest BCUT2D eigenvalue weighted by atomic mass is 16.3. The lowest BCUT2D eigenvalue weighted by atomic mass is 10.1. The first-order valence-electron chi connectivity index (χ1n) is 5.82. The number of aliphatic hydroxyl groups is 1. The molecule has 1 aromatic rings. The van der Waals surface area contributed by atoms with Crippen LogP contribution >= 0.6 is 0 Å². The maximum atomic E-state index is 9.11. The van der Waals surface area contributed by atoms with Crippen molar-refractivity contribution in [2.45, 2.75) is 26.3 Å². The highest BCUT2D eigenvalue weighted by Gasteiger charge is 1.99. The summed E-state index contributed by atoms with van der Waals surface area (Å²) >= 11 is 0. The van der Waals surface area contributed by atoms with E-state index in [1.807, 2.05) is 12.1 Å². The van der Waals surface area contributed by atoms with Crippen LogP contribution < -0.4 is 5.32 Å². The van der Waals surface area contributed by atoms with Gasteiger partial charge in [-0.1, -0.05) is 19.1 Å². The molecule has 0 bridgehead atoms. The average molecular weight is 223 g/mol. The van der Waals surface area contributed by atoms with Crippen LogP contribution in [0.3, 0.4) is 0 Å². The van der Waals surface area contributed by atoms with E-state index in [-0.39, 0.29) is 6.61 Å². The van der Waals surface area contributed by atoms with Crippen molar-refractivity contribution in [2.24, 2.45) is 5.92 Å². The topological polar surface area (TPSA) is 52.5 Å². The highest BCUT2D eigenvalue weighted by Crippen LogP contribution is 2.09. The third-order valence-corrected chi connectivity index (χ3v) is 2.63. The molecule has 90 valence electrons. The molecule has 0 aliphatic carbocycles. The molecule has 0 saturated carbocycles. The largest absolute Gasteiger partial charge is 0.508 e. The van der Waals surface area contributed by atoms with E-state index < -0.39 is 0 Å². The van der Waals surface area contributed by atoms with Gasteiger partial charge in [-0.15, -0.1) is 0 Å². The minimum atomic E-state index is 0.276. The first kappa shape index (κ1) is 13.0. The number of nitrogens with one attached hydrogen (secondary N) is 1. The first-order valence-corrected chi connectivity index (χ1v) is 5.82. The number of hydrogen-bond donors (Lipinski definition) is 3. The molecule has 0 spiro atoms. The maximum absolute atomic E-state index is 9.11. The van der Waals surface area contributed by atoms with E-state index in [0.29, 0.717) is 11.7 Å². The Labute approximate surface area is 97.1 Å². The van der Waals surface area contributed by atoms with Crippen molar-refractivity contribution in [3.05, 3.63) is 29.8 Å². The molecule has 16 heavy (non-hydrogen) atoms. The minimum absolute atomic E-state index is 0.276. The van der Waals surface area contributed by atoms with E-state index >= 15 is 0 Å². The van der Waals surface area contributed by atoms with Gasteiger partial charge in [0, 0.05) is 13.2 Å². The molecule has 3 heteroatoms. The number of phenolic OH excluding ortho intramolecular Hbond substituents is 1. The summed E-state index contributed by atoms with van der Waals surface area (Å²) in [6.45, 7) is 4.12. The van der Waals surface area contributed by atoms with Crippen LogP contribution in [0.5, 0.6) is 5.75 Å². The molecule has 0 radical (unpaired) electrons. The Bertz CT molecular complexity index is 284. The van der Waals surface area contributed by atoms with Gasteiger partial charge in [-0.2, -0.15) is 0 Å². The Hall–Kier alpha value is -1.06. The molecule has 0 fully saturated rings. The number of aliphatic hydroxyl groups excluding tert-OH is 1. The van der Waals surface area contributed by atoms with Gasteiger partial charge in [0.25, 0.3) is 0 Å². The molecule has 1 unspecified atom stereocenters. The minimum Gasteiger partial charge on any atom is -0.508 e. The molecular formula is C13H21NO2. The van der Waals surface area contributed by atoms with E-state index in [4.69, 9.17) is 10.2 Å². The van der Waals surface area contributed by atoms with Crippen LogP contribution in [0, 0.1) is 5.92 Å². The number of phenols is 1. The molecule has 0 aromatic heterocycles. The summed E-state index contributed by atoms with van der Waals surface area (Å²) in [5, 5.41) is 21.3. The number of rotatable bonds is 7. The standard InChI is InChI=1S/C13H21NO2/c1-11(10-15)3-2-8-14-9-12-4-6-13(16)7-5-12/h4-7,11,14-16H,2-3,8-10H2,1H3. The second kappa shape index (κ2) is 7.25. The fraction of sp³-hybridized carbons (Fsp3) is 0.538. The van der Waals surface area contributed by atoms with Gasteiger partial charge in [0.05, 0.1) is 0 Å². The van der Waals surface area contributed by atoms with Gasteiger partial charge in [0.15, 0.2) is 0 Å². The van der Waals surface area contributed by atoms with Crippen LogP contribution in [0.1, 0.15) is 25.3 Å². The zero-order valence-corrected chi connectivity index (χ0v) is 9.82. The number of aromatic hydroxyl groups is 1. The lowest BCUT2D eigenvalue weighted by Crippen LogP contribution is -2.15. The van der Waals surface area contributed by atoms with Gasteiger partial charge in [-0.05, 0) is 43.0 Å². The smallest absolute Gasteiger partial charge is 0.115 e. The van der Waals surface area contributed by atoms with Gasteiger partial charge in [-0.3, -0.25) is 0 Å². The zero-order valence-electron chi connectivity index (χ0n) is 9.82. The molecule has 1 aromatic carbocycles. The van der Waals surface area contributed by atoms with Gasteiger partial charge < -0.3 is 15.5 Å². The fourth-order valence-electron chi connectivity index (χ4n) is 1.51. The second-order valence-electron chi connectivity index (χ2n) is 4.27.